The van der Waals surface area contributed by atoms with Gasteiger partial charge in [0.25, 0.3) is 0 Å². The van der Waals surface area contributed by atoms with Crippen molar-refractivity contribution in [3.63, 3.8) is 0 Å². The molecule has 0 spiro atoms. The van der Waals surface area contributed by atoms with Crippen LogP contribution in [0.5, 0.6) is 5.75 Å². The Bertz CT molecular complexity index is 710. The number of carbonyl (C=O) groups is 3. The fourth-order valence-electron chi connectivity index (χ4n) is 3.87. The van der Waals surface area contributed by atoms with Crippen LogP contribution in [0, 0.1) is 0 Å². The van der Waals surface area contributed by atoms with E-state index in [0.29, 0.717) is 38.3 Å². The largest absolute Gasteiger partial charge is 0.494 e. The van der Waals surface area contributed by atoms with Crippen molar-refractivity contribution in [2.45, 2.75) is 38.6 Å². The van der Waals surface area contributed by atoms with Crippen molar-refractivity contribution >= 4 is 30.0 Å². The lowest BCUT2D eigenvalue weighted by molar-refractivity contribution is -0.140. The van der Waals surface area contributed by atoms with Crippen molar-refractivity contribution in [3.05, 3.63) is 29.8 Å². The molecule has 1 atom stereocenters. The van der Waals surface area contributed by atoms with E-state index in [4.69, 9.17) is 4.74 Å². The number of carbonyl (C=O) groups excluding carboxylic acids is 3. The van der Waals surface area contributed by atoms with Crippen LogP contribution in [0.3, 0.4) is 0 Å². The highest BCUT2D eigenvalue weighted by atomic mass is 35.5. The number of piperazine rings is 1. The Morgan fingerprint density at radius 2 is 1.93 bits per heavy atom. The molecule has 2 aliphatic heterocycles. The van der Waals surface area contributed by atoms with Gasteiger partial charge in [0.15, 0.2) is 5.78 Å². The molecule has 0 radical (unpaired) electrons. The smallest absolute Gasteiger partial charge is 0.236 e. The lowest BCUT2D eigenvalue weighted by atomic mass is 10.0. The zero-order chi connectivity index (χ0) is 19.9. The first kappa shape index (κ1) is 23.2. The second kappa shape index (κ2) is 11.2. The lowest BCUT2D eigenvalue weighted by Gasteiger charge is -2.41. The second-order valence-corrected chi connectivity index (χ2v) is 7.28. The molecule has 8 heteroatoms. The summed E-state index contributed by atoms with van der Waals surface area (Å²) in [5, 5.41) is 3.08. The highest BCUT2D eigenvalue weighted by molar-refractivity contribution is 5.98. The fraction of sp³-hybridized carbons (Fsp3) is 0.571. The van der Waals surface area contributed by atoms with Gasteiger partial charge in [0.1, 0.15) is 5.75 Å². The van der Waals surface area contributed by atoms with Crippen molar-refractivity contribution in [1.82, 2.24) is 15.1 Å². The number of likely N-dealkylation sites (tertiary alicyclic amines) is 1. The molecule has 1 N–H and O–H groups in total. The lowest BCUT2D eigenvalue weighted by Crippen LogP contribution is -2.57. The first-order valence-corrected chi connectivity index (χ1v) is 10.1. The normalized spacial score (nSPS) is 19.5. The number of ketones is 1. The third-order valence-corrected chi connectivity index (χ3v) is 5.37. The number of rotatable bonds is 7. The second-order valence-electron chi connectivity index (χ2n) is 7.28. The minimum atomic E-state index is -0.0396. The molecule has 0 aliphatic carbocycles. The molecule has 29 heavy (non-hydrogen) atoms. The number of halogens is 1. The molecule has 2 fully saturated rings. The van der Waals surface area contributed by atoms with Gasteiger partial charge in [0, 0.05) is 50.6 Å². The SMILES string of the molecule is CCOc1ccc(C(=O)CCC(=O)N2CCCC(N3CCNCC3=O)C2)cc1.Cl. The number of amides is 2. The molecule has 0 aromatic heterocycles. The van der Waals surface area contributed by atoms with Crippen LogP contribution in [-0.2, 0) is 9.59 Å². The predicted octanol–water partition coefficient (Wildman–Crippen LogP) is 1.89. The van der Waals surface area contributed by atoms with Crippen molar-refractivity contribution in [2.75, 3.05) is 39.3 Å². The topological polar surface area (TPSA) is 79.0 Å². The van der Waals surface area contributed by atoms with Gasteiger partial charge in [-0.2, -0.15) is 0 Å². The van der Waals surface area contributed by atoms with E-state index in [1.165, 1.54) is 0 Å². The molecule has 1 unspecified atom stereocenters. The Balaban J connectivity index is 0.00000300. The third kappa shape index (κ3) is 6.18. The van der Waals surface area contributed by atoms with Crippen LogP contribution in [-0.4, -0.2) is 72.8 Å². The Hall–Kier alpha value is -2.12. The molecule has 3 rings (SSSR count). The van der Waals surface area contributed by atoms with Gasteiger partial charge in [-0.05, 0) is 44.0 Å². The summed E-state index contributed by atoms with van der Waals surface area (Å²) in [6.45, 7) is 5.64. The van der Waals surface area contributed by atoms with Gasteiger partial charge in [0.05, 0.1) is 13.2 Å². The Morgan fingerprint density at radius 3 is 2.62 bits per heavy atom. The van der Waals surface area contributed by atoms with E-state index in [0.717, 1.165) is 25.1 Å². The average Bonchev–Trinajstić information content (AvgIpc) is 2.73. The number of nitrogens with one attached hydrogen (secondary N) is 1. The number of hydrogen-bond acceptors (Lipinski definition) is 5. The van der Waals surface area contributed by atoms with Crippen LogP contribution < -0.4 is 10.1 Å². The monoisotopic (exact) mass is 423 g/mol. The summed E-state index contributed by atoms with van der Waals surface area (Å²) in [5.41, 5.74) is 0.596. The van der Waals surface area contributed by atoms with Gasteiger partial charge in [-0.25, -0.2) is 0 Å². The Kier molecular flexibility index (Phi) is 8.92. The molecule has 2 amide bonds. The van der Waals surface area contributed by atoms with Gasteiger partial charge in [0.2, 0.25) is 11.8 Å². The number of Topliss-reactive ketones (excluding diaryl/α,β-unsaturated/α-hetero) is 1. The summed E-state index contributed by atoms with van der Waals surface area (Å²) in [4.78, 5) is 40.8. The van der Waals surface area contributed by atoms with Crippen molar-refractivity contribution < 1.29 is 19.1 Å². The van der Waals surface area contributed by atoms with Gasteiger partial charge < -0.3 is 19.9 Å². The van der Waals surface area contributed by atoms with Crippen LogP contribution in [0.1, 0.15) is 43.0 Å². The quantitative estimate of drug-likeness (QED) is 0.677. The number of benzene rings is 1. The van der Waals surface area contributed by atoms with Gasteiger partial charge in [-0.15, -0.1) is 12.4 Å². The van der Waals surface area contributed by atoms with Crippen molar-refractivity contribution in [2.24, 2.45) is 0 Å². The molecule has 1 aromatic carbocycles. The molecule has 2 saturated heterocycles. The maximum absolute atomic E-state index is 12.6. The highest BCUT2D eigenvalue weighted by Gasteiger charge is 2.31. The minimum Gasteiger partial charge on any atom is -0.494 e. The van der Waals surface area contributed by atoms with Gasteiger partial charge in [-0.3, -0.25) is 14.4 Å². The maximum atomic E-state index is 12.6. The molecule has 160 valence electrons. The van der Waals surface area contributed by atoms with Crippen LogP contribution >= 0.6 is 12.4 Å². The standard InChI is InChI=1S/C21H29N3O4.ClH/c1-2-28-18-7-5-16(6-8-18)19(25)9-10-20(26)23-12-3-4-17(15-23)24-13-11-22-14-21(24)27;/h5-8,17,22H,2-4,9-15H2,1H3;1H. The van der Waals surface area contributed by atoms with E-state index in [1.54, 1.807) is 24.3 Å². The Labute approximate surface area is 178 Å². The van der Waals surface area contributed by atoms with Crippen molar-refractivity contribution in [3.8, 4) is 5.75 Å². The van der Waals surface area contributed by atoms with Crippen LogP contribution in [0.25, 0.3) is 0 Å². The summed E-state index contributed by atoms with van der Waals surface area (Å²) in [6, 6.07) is 7.13. The predicted molar refractivity (Wildman–Crippen MR) is 113 cm³/mol. The van der Waals surface area contributed by atoms with Gasteiger partial charge in [-0.1, -0.05) is 0 Å². The van der Waals surface area contributed by atoms with E-state index >= 15 is 0 Å². The van der Waals surface area contributed by atoms with Crippen LogP contribution in [0.4, 0.5) is 0 Å². The maximum Gasteiger partial charge on any atom is 0.236 e. The van der Waals surface area contributed by atoms with E-state index in [2.05, 4.69) is 5.32 Å². The zero-order valence-corrected chi connectivity index (χ0v) is 17.7. The molecule has 2 heterocycles. The summed E-state index contributed by atoms with van der Waals surface area (Å²) in [6.07, 6.45) is 2.22. The first-order valence-electron chi connectivity index (χ1n) is 10.1. The van der Waals surface area contributed by atoms with Crippen LogP contribution in [0.2, 0.25) is 0 Å². The third-order valence-electron chi connectivity index (χ3n) is 5.37. The molecule has 7 nitrogen and oxygen atoms in total. The molecule has 2 aliphatic rings. The zero-order valence-electron chi connectivity index (χ0n) is 16.9. The number of nitrogens with zero attached hydrogens (tertiary/aromatic N) is 2. The van der Waals surface area contributed by atoms with E-state index in [1.807, 2.05) is 16.7 Å². The number of piperidine rings is 1. The molecule has 0 bridgehead atoms. The van der Waals surface area contributed by atoms with E-state index in [-0.39, 0.29) is 48.9 Å². The fourth-order valence-corrected chi connectivity index (χ4v) is 3.87. The number of hydrogen-bond donors (Lipinski definition) is 1. The van der Waals surface area contributed by atoms with E-state index in [9.17, 15) is 14.4 Å². The number of ether oxygens (including phenoxy) is 1. The van der Waals surface area contributed by atoms with Gasteiger partial charge >= 0.3 is 0 Å². The Morgan fingerprint density at radius 1 is 1.17 bits per heavy atom. The first-order chi connectivity index (χ1) is 13.6. The average molecular weight is 424 g/mol. The summed E-state index contributed by atoms with van der Waals surface area (Å²) in [7, 11) is 0. The van der Waals surface area contributed by atoms with E-state index < -0.39 is 0 Å². The van der Waals surface area contributed by atoms with Crippen LogP contribution in [0.15, 0.2) is 24.3 Å². The molecular weight excluding hydrogens is 394 g/mol. The minimum absolute atomic E-state index is 0. The van der Waals surface area contributed by atoms with Crippen molar-refractivity contribution in [1.29, 1.82) is 0 Å². The summed E-state index contributed by atoms with van der Waals surface area (Å²) < 4.78 is 5.38. The molecule has 1 aromatic rings. The molecular formula is C21H30ClN3O4. The summed E-state index contributed by atoms with van der Waals surface area (Å²) in [5.74, 6) is 0.794. The highest BCUT2D eigenvalue weighted by Crippen LogP contribution is 2.19. The summed E-state index contributed by atoms with van der Waals surface area (Å²) >= 11 is 0. The molecule has 0 saturated carbocycles.